The predicted octanol–water partition coefficient (Wildman–Crippen LogP) is 2.33. The van der Waals surface area contributed by atoms with Crippen molar-refractivity contribution in [1.29, 1.82) is 0 Å². The summed E-state index contributed by atoms with van der Waals surface area (Å²) in [6.07, 6.45) is 1.47. The molecule has 0 bridgehead atoms. The smallest absolute Gasteiger partial charge is 0.250 e. The van der Waals surface area contributed by atoms with Gasteiger partial charge in [0.05, 0.1) is 12.2 Å². The minimum atomic E-state index is -0.476. The number of anilines is 1. The lowest BCUT2D eigenvalue weighted by atomic mass is 10.1. The number of nitrogens with zero attached hydrogens (tertiary/aromatic N) is 1. The van der Waals surface area contributed by atoms with E-state index in [2.05, 4.69) is 22.4 Å². The number of nitrogens with two attached hydrogens (primary N) is 1. The second kappa shape index (κ2) is 7.40. The fourth-order valence-corrected chi connectivity index (χ4v) is 1.91. The lowest BCUT2D eigenvalue weighted by Gasteiger charge is -2.11. The van der Waals surface area contributed by atoms with Gasteiger partial charge in [-0.25, -0.2) is 4.98 Å². The zero-order valence-corrected chi connectivity index (χ0v) is 12.0. The number of hydrogen-bond donors (Lipinski definition) is 2. The predicted molar refractivity (Wildman–Crippen MR) is 81.9 cm³/mol. The third-order valence-corrected chi connectivity index (χ3v) is 3.09. The number of ether oxygens (including phenoxy) is 1. The average Bonchev–Trinajstić information content (AvgIpc) is 2.52. The number of amides is 1. The molecular weight excluding hydrogens is 266 g/mol. The number of nitrogens with one attached hydrogen (secondary N) is 1. The second-order valence-electron chi connectivity index (χ2n) is 4.56. The van der Waals surface area contributed by atoms with E-state index < -0.39 is 5.91 Å². The number of aromatic nitrogens is 1. The maximum atomic E-state index is 11.0. The summed E-state index contributed by atoms with van der Waals surface area (Å²) in [4.78, 5) is 15.1. The van der Waals surface area contributed by atoms with E-state index in [4.69, 9.17) is 10.5 Å². The van der Waals surface area contributed by atoms with Crippen molar-refractivity contribution in [3.63, 3.8) is 0 Å². The van der Waals surface area contributed by atoms with Crippen LogP contribution in [-0.4, -0.2) is 17.5 Å². The summed E-state index contributed by atoms with van der Waals surface area (Å²) in [5.74, 6) is 0.224. The average molecular weight is 285 g/mol. The van der Waals surface area contributed by atoms with Crippen molar-refractivity contribution in [2.24, 2.45) is 5.73 Å². The van der Waals surface area contributed by atoms with Crippen LogP contribution in [0.4, 0.5) is 5.82 Å². The van der Waals surface area contributed by atoms with Crippen molar-refractivity contribution in [1.82, 2.24) is 4.98 Å². The first kappa shape index (κ1) is 15.0. The number of primary amides is 1. The number of benzene rings is 1. The van der Waals surface area contributed by atoms with Gasteiger partial charge in [0.15, 0.2) is 0 Å². The van der Waals surface area contributed by atoms with Gasteiger partial charge in [0.2, 0.25) is 5.91 Å². The number of pyridine rings is 1. The Morgan fingerprint density at radius 2 is 2.00 bits per heavy atom. The van der Waals surface area contributed by atoms with Crippen LogP contribution in [0, 0.1) is 0 Å². The van der Waals surface area contributed by atoms with Crippen LogP contribution in [0.1, 0.15) is 28.4 Å². The van der Waals surface area contributed by atoms with Gasteiger partial charge in [-0.3, -0.25) is 4.79 Å². The van der Waals surface area contributed by atoms with Gasteiger partial charge in [-0.1, -0.05) is 24.3 Å². The van der Waals surface area contributed by atoms with E-state index in [0.29, 0.717) is 31.1 Å². The molecule has 0 atom stereocenters. The molecule has 5 heteroatoms. The molecule has 1 heterocycles. The van der Waals surface area contributed by atoms with Crippen molar-refractivity contribution < 1.29 is 9.53 Å². The van der Waals surface area contributed by atoms with Crippen molar-refractivity contribution in [3.05, 3.63) is 59.3 Å². The van der Waals surface area contributed by atoms with Crippen LogP contribution in [0.25, 0.3) is 0 Å². The molecule has 1 aromatic heterocycles. The Balaban J connectivity index is 2.00. The maximum Gasteiger partial charge on any atom is 0.250 e. The minimum Gasteiger partial charge on any atom is -0.377 e. The fourth-order valence-electron chi connectivity index (χ4n) is 1.91. The lowest BCUT2D eigenvalue weighted by molar-refractivity contribution is 0.1000. The molecule has 2 aromatic rings. The summed E-state index contributed by atoms with van der Waals surface area (Å²) in [6.45, 7) is 3.91. The summed E-state index contributed by atoms with van der Waals surface area (Å²) in [7, 11) is 0. The molecule has 3 N–H and O–H groups in total. The van der Waals surface area contributed by atoms with Crippen molar-refractivity contribution in [3.8, 4) is 0 Å². The third kappa shape index (κ3) is 4.29. The Hall–Kier alpha value is -2.40. The molecule has 0 aliphatic carbocycles. The molecule has 0 aliphatic rings. The summed E-state index contributed by atoms with van der Waals surface area (Å²) in [5, 5.41) is 3.23. The maximum absolute atomic E-state index is 11.0. The first-order chi connectivity index (χ1) is 10.2. The Morgan fingerprint density at radius 1 is 1.24 bits per heavy atom. The van der Waals surface area contributed by atoms with E-state index in [-0.39, 0.29) is 0 Å². The zero-order chi connectivity index (χ0) is 15.1. The van der Waals surface area contributed by atoms with Crippen LogP contribution in [-0.2, 0) is 17.9 Å². The van der Waals surface area contributed by atoms with E-state index in [1.54, 1.807) is 12.1 Å². The van der Waals surface area contributed by atoms with E-state index in [9.17, 15) is 4.79 Å². The topological polar surface area (TPSA) is 77.2 Å². The van der Waals surface area contributed by atoms with Gasteiger partial charge in [-0.15, -0.1) is 0 Å². The van der Waals surface area contributed by atoms with Crippen LogP contribution in [0.3, 0.4) is 0 Å². The summed E-state index contributed by atoms with van der Waals surface area (Å²) in [6, 6.07) is 11.5. The molecule has 21 heavy (non-hydrogen) atoms. The van der Waals surface area contributed by atoms with Crippen molar-refractivity contribution in [2.75, 3.05) is 11.9 Å². The summed E-state index contributed by atoms with van der Waals surface area (Å²) < 4.78 is 5.46. The van der Waals surface area contributed by atoms with Crippen LogP contribution in [0.5, 0.6) is 0 Å². The van der Waals surface area contributed by atoms with Crippen molar-refractivity contribution in [2.45, 2.75) is 20.1 Å². The molecule has 0 saturated heterocycles. The number of carbonyl (C=O) groups is 1. The van der Waals surface area contributed by atoms with Crippen LogP contribution >= 0.6 is 0 Å². The quantitative estimate of drug-likeness (QED) is 0.818. The zero-order valence-electron chi connectivity index (χ0n) is 12.0. The Kier molecular flexibility index (Phi) is 5.29. The normalized spacial score (nSPS) is 10.3. The second-order valence-corrected chi connectivity index (χ2v) is 4.56. The summed E-state index contributed by atoms with van der Waals surface area (Å²) in [5.41, 5.74) is 7.89. The van der Waals surface area contributed by atoms with Crippen molar-refractivity contribution >= 4 is 11.7 Å². The highest BCUT2D eigenvalue weighted by atomic mass is 16.5. The van der Waals surface area contributed by atoms with E-state index in [0.717, 1.165) is 11.1 Å². The molecule has 0 unspecified atom stereocenters. The van der Waals surface area contributed by atoms with Crippen LogP contribution in [0.2, 0.25) is 0 Å². The molecule has 0 aliphatic heterocycles. The third-order valence-electron chi connectivity index (χ3n) is 3.09. The largest absolute Gasteiger partial charge is 0.377 e. The van der Waals surface area contributed by atoms with Gasteiger partial charge in [-0.2, -0.15) is 0 Å². The first-order valence-corrected chi connectivity index (χ1v) is 6.85. The van der Waals surface area contributed by atoms with Gasteiger partial charge in [-0.05, 0) is 30.2 Å². The lowest BCUT2D eigenvalue weighted by Crippen LogP contribution is -2.11. The van der Waals surface area contributed by atoms with Gasteiger partial charge >= 0.3 is 0 Å². The minimum absolute atomic E-state index is 0.400. The molecule has 1 aromatic carbocycles. The van der Waals surface area contributed by atoms with Crippen LogP contribution < -0.4 is 11.1 Å². The fraction of sp³-hybridized carbons (Fsp3) is 0.250. The monoisotopic (exact) mass is 285 g/mol. The van der Waals surface area contributed by atoms with Gasteiger partial charge in [0, 0.05) is 19.3 Å². The molecule has 110 valence electrons. The highest BCUT2D eigenvalue weighted by molar-refractivity contribution is 5.92. The standard InChI is InChI=1S/C16H19N3O2/c1-2-21-11-14-6-4-3-5-12(14)9-18-15-8-7-13(10-19-15)16(17)20/h3-8,10H,2,9,11H2,1H3,(H2,17,20)(H,18,19). The van der Waals surface area contributed by atoms with E-state index >= 15 is 0 Å². The Morgan fingerprint density at radius 3 is 2.62 bits per heavy atom. The van der Waals surface area contributed by atoms with Gasteiger partial charge in [0.25, 0.3) is 0 Å². The number of carbonyl (C=O) groups excluding carboxylic acids is 1. The SMILES string of the molecule is CCOCc1ccccc1CNc1ccc(C(N)=O)cn1. The molecule has 0 radical (unpaired) electrons. The van der Waals surface area contributed by atoms with E-state index in [1.807, 2.05) is 19.1 Å². The van der Waals surface area contributed by atoms with Gasteiger partial charge in [0.1, 0.15) is 5.82 Å². The Bertz CT molecular complexity index is 597. The molecule has 0 saturated carbocycles. The molecule has 0 fully saturated rings. The number of hydrogen-bond acceptors (Lipinski definition) is 4. The molecule has 2 rings (SSSR count). The molecule has 0 spiro atoms. The highest BCUT2D eigenvalue weighted by Crippen LogP contribution is 2.13. The first-order valence-electron chi connectivity index (χ1n) is 6.85. The van der Waals surface area contributed by atoms with Gasteiger partial charge < -0.3 is 15.8 Å². The highest BCUT2D eigenvalue weighted by Gasteiger charge is 2.04. The molecule has 1 amide bonds. The Labute approximate surface area is 124 Å². The number of rotatable bonds is 7. The summed E-state index contributed by atoms with van der Waals surface area (Å²) >= 11 is 0. The molecule has 5 nitrogen and oxygen atoms in total. The van der Waals surface area contributed by atoms with Crippen LogP contribution in [0.15, 0.2) is 42.6 Å². The van der Waals surface area contributed by atoms with E-state index in [1.165, 1.54) is 6.20 Å². The molecular formula is C16H19N3O2.